The Kier molecular flexibility index (Phi) is 6.99. The van der Waals surface area contributed by atoms with E-state index in [4.69, 9.17) is 18.9 Å². The summed E-state index contributed by atoms with van der Waals surface area (Å²) in [6.07, 6.45) is 0.951. The van der Waals surface area contributed by atoms with Gasteiger partial charge in [0.1, 0.15) is 11.6 Å². The molecule has 0 aromatic heterocycles. The zero-order chi connectivity index (χ0) is 21.7. The van der Waals surface area contributed by atoms with Crippen LogP contribution in [0.5, 0.6) is 23.0 Å². The molecule has 2 aromatic carbocycles. The Labute approximate surface area is 175 Å². The van der Waals surface area contributed by atoms with Gasteiger partial charge in [0.25, 0.3) is 0 Å². The second kappa shape index (κ2) is 9.67. The molecule has 30 heavy (non-hydrogen) atoms. The number of carbonyl (C=O) groups is 1. The summed E-state index contributed by atoms with van der Waals surface area (Å²) in [6.45, 7) is 0.472. The second-order valence-electron chi connectivity index (χ2n) is 6.99. The third kappa shape index (κ3) is 4.59. The standard InChI is InChI=1S/C22H27FN2O5/c1-27-14-5-6-16(23)15(11-14)21-17(7-8-20(26)25-21)24-12-13-9-18(28-2)22(30-4)19(10-13)29-3/h5-6,9-11,17,21,24H,7-8,12H2,1-4H3,(H,25,26)/t17-,21+/m1/s1. The molecule has 1 heterocycles. The predicted molar refractivity (Wildman–Crippen MR) is 110 cm³/mol. The van der Waals surface area contributed by atoms with Crippen molar-refractivity contribution in [3.8, 4) is 23.0 Å². The highest BCUT2D eigenvalue weighted by atomic mass is 19.1. The van der Waals surface area contributed by atoms with E-state index in [2.05, 4.69) is 10.6 Å². The molecule has 8 heteroatoms. The predicted octanol–water partition coefficient (Wildman–Crippen LogP) is 2.97. The second-order valence-corrected chi connectivity index (χ2v) is 6.99. The van der Waals surface area contributed by atoms with E-state index in [1.807, 2.05) is 12.1 Å². The van der Waals surface area contributed by atoms with Gasteiger partial charge in [-0.1, -0.05) is 0 Å². The summed E-state index contributed by atoms with van der Waals surface area (Å²) in [4.78, 5) is 12.0. The zero-order valence-electron chi connectivity index (χ0n) is 17.6. The summed E-state index contributed by atoms with van der Waals surface area (Å²) in [7, 11) is 6.20. The maximum atomic E-state index is 14.6. The van der Waals surface area contributed by atoms with Crippen LogP contribution in [0.3, 0.4) is 0 Å². The average molecular weight is 418 g/mol. The Balaban J connectivity index is 1.83. The van der Waals surface area contributed by atoms with Gasteiger partial charge in [0.15, 0.2) is 11.5 Å². The molecule has 2 aromatic rings. The summed E-state index contributed by atoms with van der Waals surface area (Å²) < 4.78 is 35.9. The lowest BCUT2D eigenvalue weighted by Gasteiger charge is -2.33. The van der Waals surface area contributed by atoms with E-state index in [0.29, 0.717) is 47.9 Å². The van der Waals surface area contributed by atoms with Crippen molar-refractivity contribution in [2.75, 3.05) is 28.4 Å². The minimum Gasteiger partial charge on any atom is -0.497 e. The highest BCUT2D eigenvalue weighted by molar-refractivity contribution is 5.77. The SMILES string of the molecule is COc1ccc(F)c([C@@H]2NC(=O)CC[C@H]2NCc2cc(OC)c(OC)c(OC)c2)c1. The third-order valence-corrected chi connectivity index (χ3v) is 5.23. The van der Waals surface area contributed by atoms with Gasteiger partial charge in [-0.3, -0.25) is 4.79 Å². The average Bonchev–Trinajstić information content (AvgIpc) is 2.77. The van der Waals surface area contributed by atoms with Crippen LogP contribution in [0.15, 0.2) is 30.3 Å². The zero-order valence-corrected chi connectivity index (χ0v) is 17.6. The monoisotopic (exact) mass is 418 g/mol. The molecule has 0 unspecified atom stereocenters. The highest BCUT2D eigenvalue weighted by Crippen LogP contribution is 2.38. The minimum absolute atomic E-state index is 0.104. The Morgan fingerprint density at radius 3 is 2.33 bits per heavy atom. The molecule has 2 atom stereocenters. The van der Waals surface area contributed by atoms with Gasteiger partial charge in [-0.2, -0.15) is 0 Å². The molecule has 3 rings (SSSR count). The number of methoxy groups -OCH3 is 4. The molecule has 0 radical (unpaired) electrons. The lowest BCUT2D eigenvalue weighted by Crippen LogP contribution is -2.48. The van der Waals surface area contributed by atoms with E-state index >= 15 is 0 Å². The number of piperidine rings is 1. The van der Waals surface area contributed by atoms with E-state index in [9.17, 15) is 9.18 Å². The molecule has 0 spiro atoms. The fraction of sp³-hybridized carbons (Fsp3) is 0.409. The van der Waals surface area contributed by atoms with Gasteiger partial charge in [-0.15, -0.1) is 0 Å². The van der Waals surface area contributed by atoms with Crippen molar-refractivity contribution in [3.63, 3.8) is 0 Å². The summed E-state index contributed by atoms with van der Waals surface area (Å²) in [6, 6.07) is 7.58. The van der Waals surface area contributed by atoms with Crippen LogP contribution in [0.2, 0.25) is 0 Å². The van der Waals surface area contributed by atoms with Gasteiger partial charge < -0.3 is 29.6 Å². The van der Waals surface area contributed by atoms with E-state index < -0.39 is 6.04 Å². The number of halogens is 1. The van der Waals surface area contributed by atoms with Crippen LogP contribution in [-0.4, -0.2) is 40.4 Å². The number of benzene rings is 2. The van der Waals surface area contributed by atoms with Gasteiger partial charge in [-0.05, 0) is 42.3 Å². The van der Waals surface area contributed by atoms with Crippen LogP contribution in [0.4, 0.5) is 4.39 Å². The summed E-state index contributed by atoms with van der Waals surface area (Å²) in [5.74, 6) is 1.68. The quantitative estimate of drug-likeness (QED) is 0.686. The molecule has 1 aliphatic rings. The third-order valence-electron chi connectivity index (χ3n) is 5.23. The van der Waals surface area contributed by atoms with Crippen LogP contribution in [0, 0.1) is 5.82 Å². The number of hydrogen-bond donors (Lipinski definition) is 2. The molecule has 0 bridgehead atoms. The van der Waals surface area contributed by atoms with Crippen molar-refractivity contribution in [1.82, 2.24) is 10.6 Å². The molecule has 162 valence electrons. The lowest BCUT2D eigenvalue weighted by atomic mass is 9.91. The van der Waals surface area contributed by atoms with Crippen LogP contribution in [0.25, 0.3) is 0 Å². The summed E-state index contributed by atoms with van der Waals surface area (Å²) in [5, 5.41) is 6.35. The Morgan fingerprint density at radius 2 is 1.73 bits per heavy atom. The molecular weight excluding hydrogens is 391 g/mol. The molecule has 0 aliphatic carbocycles. The van der Waals surface area contributed by atoms with Crippen molar-refractivity contribution < 1.29 is 28.1 Å². The van der Waals surface area contributed by atoms with Gasteiger partial charge in [-0.25, -0.2) is 4.39 Å². The van der Waals surface area contributed by atoms with Gasteiger partial charge in [0.05, 0.1) is 34.5 Å². The van der Waals surface area contributed by atoms with Crippen molar-refractivity contribution in [2.24, 2.45) is 0 Å². The van der Waals surface area contributed by atoms with Crippen LogP contribution < -0.4 is 29.6 Å². The molecule has 0 saturated carbocycles. The first kappa shape index (κ1) is 21.7. The van der Waals surface area contributed by atoms with Crippen LogP contribution >= 0.6 is 0 Å². The van der Waals surface area contributed by atoms with E-state index in [1.165, 1.54) is 13.2 Å². The Morgan fingerprint density at radius 1 is 1.03 bits per heavy atom. The maximum Gasteiger partial charge on any atom is 0.220 e. The summed E-state index contributed by atoms with van der Waals surface area (Å²) in [5.41, 5.74) is 1.30. The number of ether oxygens (including phenoxy) is 4. The first-order valence-electron chi connectivity index (χ1n) is 9.65. The van der Waals surface area contributed by atoms with E-state index in [1.54, 1.807) is 33.5 Å². The normalized spacial score (nSPS) is 18.5. The molecular formula is C22H27FN2O5. The molecule has 1 fully saturated rings. The molecule has 1 aliphatic heterocycles. The van der Waals surface area contributed by atoms with Crippen molar-refractivity contribution in [1.29, 1.82) is 0 Å². The van der Waals surface area contributed by atoms with Crippen LogP contribution in [-0.2, 0) is 11.3 Å². The maximum absolute atomic E-state index is 14.6. The van der Waals surface area contributed by atoms with Crippen molar-refractivity contribution in [3.05, 3.63) is 47.3 Å². The van der Waals surface area contributed by atoms with E-state index in [-0.39, 0.29) is 17.8 Å². The first-order chi connectivity index (χ1) is 14.5. The number of carbonyl (C=O) groups excluding carboxylic acids is 1. The largest absolute Gasteiger partial charge is 0.497 e. The molecule has 1 saturated heterocycles. The Bertz CT molecular complexity index is 880. The lowest BCUT2D eigenvalue weighted by molar-refractivity contribution is -0.123. The van der Waals surface area contributed by atoms with Crippen molar-refractivity contribution in [2.45, 2.75) is 31.5 Å². The summed E-state index contributed by atoms with van der Waals surface area (Å²) >= 11 is 0. The Hall–Kier alpha value is -3.00. The van der Waals surface area contributed by atoms with E-state index in [0.717, 1.165) is 5.56 Å². The fourth-order valence-corrected chi connectivity index (χ4v) is 3.69. The highest BCUT2D eigenvalue weighted by Gasteiger charge is 2.31. The van der Waals surface area contributed by atoms with Gasteiger partial charge in [0.2, 0.25) is 11.7 Å². The minimum atomic E-state index is -0.511. The molecule has 2 N–H and O–H groups in total. The van der Waals surface area contributed by atoms with Crippen molar-refractivity contribution >= 4 is 5.91 Å². The van der Waals surface area contributed by atoms with Gasteiger partial charge >= 0.3 is 0 Å². The van der Waals surface area contributed by atoms with Crippen LogP contribution in [0.1, 0.15) is 30.0 Å². The van der Waals surface area contributed by atoms with Gasteiger partial charge in [0, 0.05) is 24.6 Å². The molecule has 1 amide bonds. The topological polar surface area (TPSA) is 78.1 Å². The number of hydrogen-bond acceptors (Lipinski definition) is 6. The fourth-order valence-electron chi connectivity index (χ4n) is 3.69. The number of amides is 1. The smallest absolute Gasteiger partial charge is 0.220 e. The number of nitrogens with one attached hydrogen (secondary N) is 2. The first-order valence-corrected chi connectivity index (χ1v) is 9.65. The number of rotatable bonds is 8. The molecule has 7 nitrogen and oxygen atoms in total.